The van der Waals surface area contributed by atoms with Crippen LogP contribution in [0.4, 0.5) is 0 Å². The van der Waals surface area contributed by atoms with Crippen LogP contribution in [0.3, 0.4) is 0 Å². The molecule has 0 aliphatic rings. The van der Waals surface area contributed by atoms with Crippen molar-refractivity contribution in [2.45, 2.75) is 45.9 Å². The first kappa shape index (κ1) is 22.4. The minimum atomic E-state index is 0. The summed E-state index contributed by atoms with van der Waals surface area (Å²) in [5.41, 5.74) is 3.34. The molecule has 0 aliphatic carbocycles. The lowest BCUT2D eigenvalue weighted by Gasteiger charge is -2.18. The number of nitrogens with one attached hydrogen (secondary N) is 2. The van der Waals surface area contributed by atoms with Crippen molar-refractivity contribution in [3.63, 3.8) is 0 Å². The van der Waals surface area contributed by atoms with Gasteiger partial charge in [0.1, 0.15) is 0 Å². The number of aliphatic imine (C=N–C) groups is 1. The van der Waals surface area contributed by atoms with Gasteiger partial charge in [0.05, 0.1) is 13.2 Å². The summed E-state index contributed by atoms with van der Waals surface area (Å²) in [6.45, 7) is 5.66. The Kier molecular flexibility index (Phi) is 11.0. The molecule has 0 aromatic heterocycles. The van der Waals surface area contributed by atoms with E-state index in [-0.39, 0.29) is 30.6 Å². The van der Waals surface area contributed by atoms with Crippen molar-refractivity contribution < 1.29 is 5.11 Å². The molecule has 0 aliphatic heterocycles. The maximum absolute atomic E-state index is 9.43. The summed E-state index contributed by atoms with van der Waals surface area (Å²) in [4.78, 5) is 4.67. The maximum Gasteiger partial charge on any atom is 0.191 e. The fraction of sp³-hybridized carbons (Fsp3) is 0.381. The number of benzene rings is 2. The van der Waals surface area contributed by atoms with Crippen LogP contribution in [0.5, 0.6) is 0 Å². The second-order valence-electron chi connectivity index (χ2n) is 6.19. The topological polar surface area (TPSA) is 56.7 Å². The quantitative estimate of drug-likeness (QED) is 0.314. The highest BCUT2D eigenvalue weighted by Crippen LogP contribution is 2.10. The molecule has 26 heavy (non-hydrogen) atoms. The second-order valence-corrected chi connectivity index (χ2v) is 6.19. The van der Waals surface area contributed by atoms with Gasteiger partial charge < -0.3 is 15.7 Å². The Labute approximate surface area is 174 Å². The van der Waals surface area contributed by atoms with E-state index >= 15 is 0 Å². The molecule has 0 heterocycles. The molecule has 1 atom stereocenters. The van der Waals surface area contributed by atoms with Crippen molar-refractivity contribution in [3.05, 3.63) is 71.3 Å². The fourth-order valence-corrected chi connectivity index (χ4v) is 2.68. The summed E-state index contributed by atoms with van der Waals surface area (Å²) in [5, 5.41) is 16.2. The fourth-order valence-electron chi connectivity index (χ4n) is 2.68. The van der Waals surface area contributed by atoms with Crippen LogP contribution >= 0.6 is 24.0 Å². The third kappa shape index (κ3) is 7.74. The molecule has 5 heteroatoms. The van der Waals surface area contributed by atoms with Gasteiger partial charge in [-0.05, 0) is 43.4 Å². The van der Waals surface area contributed by atoms with Gasteiger partial charge in [-0.15, -0.1) is 24.0 Å². The highest BCUT2D eigenvalue weighted by Gasteiger charge is 2.06. The van der Waals surface area contributed by atoms with Gasteiger partial charge in [-0.3, -0.25) is 0 Å². The van der Waals surface area contributed by atoms with E-state index in [0.717, 1.165) is 36.5 Å². The van der Waals surface area contributed by atoms with Crippen molar-refractivity contribution >= 4 is 29.9 Å². The van der Waals surface area contributed by atoms with Crippen LogP contribution in [0.15, 0.2) is 59.6 Å². The number of nitrogens with zero attached hydrogens (tertiary/aromatic N) is 1. The Morgan fingerprint density at radius 2 is 1.69 bits per heavy atom. The largest absolute Gasteiger partial charge is 0.392 e. The number of halogens is 1. The number of aryl methyl sites for hydroxylation is 1. The van der Waals surface area contributed by atoms with Gasteiger partial charge >= 0.3 is 0 Å². The average molecular weight is 467 g/mol. The van der Waals surface area contributed by atoms with E-state index < -0.39 is 0 Å². The first-order valence-corrected chi connectivity index (χ1v) is 8.99. The Morgan fingerprint density at radius 1 is 1.04 bits per heavy atom. The molecule has 2 aromatic rings. The van der Waals surface area contributed by atoms with Crippen LogP contribution in [0.2, 0.25) is 0 Å². The molecule has 0 saturated heterocycles. The average Bonchev–Trinajstić information content (AvgIpc) is 2.65. The Hall–Kier alpha value is -1.60. The van der Waals surface area contributed by atoms with E-state index in [1.54, 1.807) is 0 Å². The van der Waals surface area contributed by atoms with Gasteiger partial charge in [-0.2, -0.15) is 0 Å². The van der Waals surface area contributed by atoms with E-state index in [1.807, 2.05) is 30.3 Å². The zero-order valence-corrected chi connectivity index (χ0v) is 17.9. The second kappa shape index (κ2) is 12.7. The molecule has 1 unspecified atom stereocenters. The summed E-state index contributed by atoms with van der Waals surface area (Å²) >= 11 is 0. The predicted octanol–water partition coefficient (Wildman–Crippen LogP) is 3.87. The van der Waals surface area contributed by atoms with Gasteiger partial charge in [0.2, 0.25) is 0 Å². The Balaban J connectivity index is 0.00000338. The number of aliphatic hydroxyl groups excluding tert-OH is 1. The number of aliphatic hydroxyl groups is 1. The number of hydrogen-bond donors (Lipinski definition) is 3. The third-order valence-electron chi connectivity index (χ3n) is 4.13. The van der Waals surface area contributed by atoms with Crippen LogP contribution in [0.1, 0.15) is 37.0 Å². The van der Waals surface area contributed by atoms with Crippen LogP contribution < -0.4 is 10.6 Å². The lowest BCUT2D eigenvalue weighted by molar-refractivity contribution is 0.280. The molecule has 2 rings (SSSR count). The van der Waals surface area contributed by atoms with Crippen molar-refractivity contribution in [2.24, 2.45) is 4.99 Å². The standard InChI is InChI=1S/C21H29N3O.HI/c1-3-22-21(23-15-19-11-7-8-12-20(19)16-25)24-17(2)13-14-18-9-5-4-6-10-18;/h4-12,17,25H,3,13-16H2,1-2H3,(H2,22,23,24);1H. The van der Waals surface area contributed by atoms with Gasteiger partial charge in [0.25, 0.3) is 0 Å². The molecule has 0 amide bonds. The molecule has 3 N–H and O–H groups in total. The maximum atomic E-state index is 9.43. The molecule has 0 radical (unpaired) electrons. The van der Waals surface area contributed by atoms with Gasteiger partial charge in [0, 0.05) is 12.6 Å². The summed E-state index contributed by atoms with van der Waals surface area (Å²) in [7, 11) is 0. The van der Waals surface area contributed by atoms with Crippen molar-refractivity contribution in [1.82, 2.24) is 10.6 Å². The third-order valence-corrected chi connectivity index (χ3v) is 4.13. The molecule has 2 aromatic carbocycles. The minimum absolute atomic E-state index is 0. The minimum Gasteiger partial charge on any atom is -0.392 e. The van der Waals surface area contributed by atoms with Crippen LogP contribution in [-0.4, -0.2) is 23.7 Å². The Morgan fingerprint density at radius 3 is 2.35 bits per heavy atom. The monoisotopic (exact) mass is 467 g/mol. The van der Waals surface area contributed by atoms with Gasteiger partial charge in [0.15, 0.2) is 5.96 Å². The number of rotatable bonds is 8. The molecule has 0 spiro atoms. The van der Waals surface area contributed by atoms with E-state index in [4.69, 9.17) is 0 Å². The Bertz CT molecular complexity index is 661. The summed E-state index contributed by atoms with van der Waals surface area (Å²) in [6, 6.07) is 18.7. The number of hydrogen-bond acceptors (Lipinski definition) is 2. The van der Waals surface area contributed by atoms with E-state index in [1.165, 1.54) is 5.56 Å². The highest BCUT2D eigenvalue weighted by molar-refractivity contribution is 14.0. The lowest BCUT2D eigenvalue weighted by Crippen LogP contribution is -2.42. The van der Waals surface area contributed by atoms with Gasteiger partial charge in [-0.1, -0.05) is 54.6 Å². The lowest BCUT2D eigenvalue weighted by atomic mass is 10.1. The van der Waals surface area contributed by atoms with Crippen molar-refractivity contribution in [1.29, 1.82) is 0 Å². The molecule has 0 saturated carbocycles. The van der Waals surface area contributed by atoms with Crippen LogP contribution in [0, 0.1) is 0 Å². The van der Waals surface area contributed by atoms with E-state index in [2.05, 4.69) is 53.7 Å². The highest BCUT2D eigenvalue weighted by atomic mass is 127. The zero-order chi connectivity index (χ0) is 17.9. The smallest absolute Gasteiger partial charge is 0.191 e. The molecule has 0 bridgehead atoms. The predicted molar refractivity (Wildman–Crippen MR) is 120 cm³/mol. The first-order valence-electron chi connectivity index (χ1n) is 8.99. The van der Waals surface area contributed by atoms with Crippen molar-refractivity contribution in [2.75, 3.05) is 6.54 Å². The summed E-state index contributed by atoms with van der Waals surface area (Å²) < 4.78 is 0. The van der Waals surface area contributed by atoms with Crippen LogP contribution in [-0.2, 0) is 19.6 Å². The molecule has 142 valence electrons. The van der Waals surface area contributed by atoms with Gasteiger partial charge in [-0.25, -0.2) is 4.99 Å². The van der Waals surface area contributed by atoms with Crippen LogP contribution in [0.25, 0.3) is 0 Å². The van der Waals surface area contributed by atoms with Crippen molar-refractivity contribution in [3.8, 4) is 0 Å². The normalized spacial score (nSPS) is 12.2. The number of guanidine groups is 1. The summed E-state index contributed by atoms with van der Waals surface area (Å²) in [6.07, 6.45) is 2.09. The molecular formula is C21H30IN3O. The zero-order valence-electron chi connectivity index (χ0n) is 15.6. The SMILES string of the molecule is CCNC(=NCc1ccccc1CO)NC(C)CCc1ccccc1.I. The molecule has 4 nitrogen and oxygen atoms in total. The summed E-state index contributed by atoms with van der Waals surface area (Å²) in [5.74, 6) is 0.816. The van der Waals surface area contributed by atoms with E-state index in [9.17, 15) is 5.11 Å². The van der Waals surface area contributed by atoms with E-state index in [0.29, 0.717) is 12.6 Å². The molecule has 0 fully saturated rings. The first-order chi connectivity index (χ1) is 12.2. The molecular weight excluding hydrogens is 437 g/mol.